The lowest BCUT2D eigenvalue weighted by Gasteiger charge is -2.21. The van der Waals surface area contributed by atoms with Crippen molar-refractivity contribution in [2.75, 3.05) is 39.6 Å². The van der Waals surface area contributed by atoms with Gasteiger partial charge in [-0.05, 0) is 25.7 Å². The van der Waals surface area contributed by atoms with Crippen LogP contribution in [0.25, 0.3) is 0 Å². The van der Waals surface area contributed by atoms with Crippen LogP contribution in [0.1, 0.15) is 78.1 Å². The molecule has 0 aromatic rings. The molecule has 4 atom stereocenters. The Labute approximate surface area is 181 Å². The highest BCUT2D eigenvalue weighted by molar-refractivity contribution is 4.71. The third-order valence-electron chi connectivity index (χ3n) is 5.32. The minimum atomic E-state index is -1.44. The fourth-order valence-corrected chi connectivity index (χ4v) is 3.56. The highest BCUT2D eigenvalue weighted by Crippen LogP contribution is 2.27. The highest BCUT2D eigenvalue weighted by atomic mass is 16.9. The first-order valence-corrected chi connectivity index (χ1v) is 11.7. The first-order chi connectivity index (χ1) is 14.5. The summed E-state index contributed by atoms with van der Waals surface area (Å²) in [5.74, 6) is -2.88. The molecular weight excluding hydrogens is 392 g/mol. The van der Waals surface area contributed by atoms with E-state index in [1.807, 2.05) is 0 Å². The van der Waals surface area contributed by atoms with Crippen LogP contribution in [0.15, 0.2) is 0 Å². The Balaban J connectivity index is 1.41. The van der Waals surface area contributed by atoms with Gasteiger partial charge < -0.3 is 38.6 Å². The van der Waals surface area contributed by atoms with Crippen LogP contribution in [-0.4, -0.2) is 74.0 Å². The van der Waals surface area contributed by atoms with Gasteiger partial charge in [0.1, 0.15) is 12.2 Å². The average molecular weight is 435 g/mol. The molecule has 2 fully saturated rings. The number of hydrogen-bond acceptors (Lipinski definition) is 8. The van der Waals surface area contributed by atoms with Crippen molar-refractivity contribution in [2.24, 2.45) is 0 Å². The molecule has 0 radical (unpaired) electrons. The van der Waals surface area contributed by atoms with Crippen LogP contribution in [0.3, 0.4) is 0 Å². The van der Waals surface area contributed by atoms with Crippen molar-refractivity contribution < 1.29 is 38.6 Å². The van der Waals surface area contributed by atoms with Gasteiger partial charge in [-0.25, -0.2) is 0 Å². The molecule has 8 nitrogen and oxygen atoms in total. The first kappa shape index (κ1) is 25.9. The summed E-state index contributed by atoms with van der Waals surface area (Å²) in [5.41, 5.74) is 0. The average Bonchev–Trinajstić information content (AvgIpc) is 3.28. The zero-order valence-corrected chi connectivity index (χ0v) is 18.8. The first-order valence-electron chi connectivity index (χ1n) is 11.7. The second kappa shape index (κ2) is 14.0. The predicted octanol–water partition coefficient (Wildman–Crippen LogP) is 3.08. The van der Waals surface area contributed by atoms with Crippen LogP contribution < -0.4 is 0 Å². The number of rotatable bonds is 17. The molecule has 30 heavy (non-hydrogen) atoms. The van der Waals surface area contributed by atoms with Crippen molar-refractivity contribution in [3.8, 4) is 0 Å². The third kappa shape index (κ3) is 9.87. The van der Waals surface area contributed by atoms with Gasteiger partial charge in [0.2, 0.25) is 0 Å². The molecule has 4 unspecified atom stereocenters. The Kier molecular flexibility index (Phi) is 12.1. The topological polar surface area (TPSA) is 95.8 Å². The Morgan fingerprint density at radius 3 is 1.53 bits per heavy atom. The monoisotopic (exact) mass is 434 g/mol. The summed E-state index contributed by atoms with van der Waals surface area (Å²) in [4.78, 5) is 0. The minimum Gasteiger partial charge on any atom is -0.379 e. The molecule has 0 bridgehead atoms. The summed E-state index contributed by atoms with van der Waals surface area (Å²) in [7, 11) is 0. The van der Waals surface area contributed by atoms with E-state index in [9.17, 15) is 10.2 Å². The Morgan fingerprint density at radius 2 is 1.13 bits per heavy atom. The summed E-state index contributed by atoms with van der Waals surface area (Å²) in [5, 5.41) is 20.4. The SMILES string of the molecule is CCCCCC1(O)OCC(COCCCCOCC2COC(O)(CCCCC)O2)O1. The molecule has 2 N–H and O–H groups in total. The molecular formula is C22H42O8. The van der Waals surface area contributed by atoms with Crippen LogP contribution in [0.4, 0.5) is 0 Å². The van der Waals surface area contributed by atoms with Gasteiger partial charge in [-0.15, -0.1) is 0 Å². The van der Waals surface area contributed by atoms with Gasteiger partial charge in [0.25, 0.3) is 11.9 Å². The maximum Gasteiger partial charge on any atom is 0.280 e. The lowest BCUT2D eigenvalue weighted by Crippen LogP contribution is -2.31. The van der Waals surface area contributed by atoms with Crippen LogP contribution in [0.2, 0.25) is 0 Å². The summed E-state index contributed by atoms with van der Waals surface area (Å²) in [6, 6.07) is 0. The van der Waals surface area contributed by atoms with Crippen LogP contribution in [-0.2, 0) is 28.4 Å². The zero-order valence-electron chi connectivity index (χ0n) is 18.8. The quantitative estimate of drug-likeness (QED) is 0.337. The van der Waals surface area contributed by atoms with Gasteiger partial charge in [0.05, 0.1) is 26.4 Å². The van der Waals surface area contributed by atoms with Gasteiger partial charge in [0.15, 0.2) is 0 Å². The lowest BCUT2D eigenvalue weighted by atomic mass is 10.2. The fraction of sp³-hybridized carbons (Fsp3) is 1.00. The van der Waals surface area contributed by atoms with E-state index in [0.29, 0.717) is 52.5 Å². The number of ether oxygens (including phenoxy) is 6. The molecule has 0 aromatic carbocycles. The van der Waals surface area contributed by atoms with Crippen molar-refractivity contribution in [1.29, 1.82) is 0 Å². The molecule has 8 heteroatoms. The Bertz CT molecular complexity index is 411. The summed E-state index contributed by atoms with van der Waals surface area (Å²) in [6.07, 6.45) is 8.37. The van der Waals surface area contributed by atoms with Gasteiger partial charge in [0, 0.05) is 26.1 Å². The van der Waals surface area contributed by atoms with Crippen molar-refractivity contribution in [2.45, 2.75) is 102 Å². The van der Waals surface area contributed by atoms with Crippen molar-refractivity contribution >= 4 is 0 Å². The van der Waals surface area contributed by atoms with Crippen molar-refractivity contribution in [3.05, 3.63) is 0 Å². The maximum atomic E-state index is 10.2. The smallest absolute Gasteiger partial charge is 0.280 e. The van der Waals surface area contributed by atoms with Crippen LogP contribution >= 0.6 is 0 Å². The predicted molar refractivity (Wildman–Crippen MR) is 111 cm³/mol. The van der Waals surface area contributed by atoms with Crippen LogP contribution in [0.5, 0.6) is 0 Å². The standard InChI is InChI=1S/C22H42O8/c1-3-5-7-11-21(23)27-17-19(29-21)15-25-13-9-10-14-26-16-20-18-28-22(24,30-20)12-8-6-4-2/h19-20,23-24H,3-18H2,1-2H3. The van der Waals surface area contributed by atoms with Gasteiger partial charge in [-0.3, -0.25) is 0 Å². The molecule has 0 aliphatic carbocycles. The second-order valence-electron chi connectivity index (χ2n) is 8.30. The molecule has 2 heterocycles. The largest absolute Gasteiger partial charge is 0.379 e. The molecule has 178 valence electrons. The van der Waals surface area contributed by atoms with E-state index in [1.54, 1.807) is 0 Å². The van der Waals surface area contributed by atoms with E-state index < -0.39 is 11.9 Å². The van der Waals surface area contributed by atoms with E-state index in [0.717, 1.165) is 51.4 Å². The highest BCUT2D eigenvalue weighted by Gasteiger charge is 2.40. The molecule has 0 amide bonds. The number of hydrogen-bond donors (Lipinski definition) is 2. The Hall–Kier alpha value is -0.320. The van der Waals surface area contributed by atoms with E-state index >= 15 is 0 Å². The summed E-state index contributed by atoms with van der Waals surface area (Å²) in [6.45, 7) is 7.01. The molecule has 2 aliphatic heterocycles. The molecule has 2 saturated heterocycles. The normalized spacial score (nSPS) is 31.6. The molecule has 2 rings (SSSR count). The molecule has 0 aromatic heterocycles. The van der Waals surface area contributed by atoms with E-state index in [-0.39, 0.29) is 12.2 Å². The van der Waals surface area contributed by atoms with E-state index in [4.69, 9.17) is 28.4 Å². The van der Waals surface area contributed by atoms with Gasteiger partial charge >= 0.3 is 0 Å². The number of aliphatic hydroxyl groups is 2. The molecule has 0 spiro atoms. The Morgan fingerprint density at radius 1 is 0.700 bits per heavy atom. The third-order valence-corrected chi connectivity index (χ3v) is 5.32. The fourth-order valence-electron chi connectivity index (χ4n) is 3.56. The summed E-state index contributed by atoms with van der Waals surface area (Å²) >= 11 is 0. The van der Waals surface area contributed by atoms with Crippen molar-refractivity contribution in [3.63, 3.8) is 0 Å². The maximum absolute atomic E-state index is 10.2. The summed E-state index contributed by atoms with van der Waals surface area (Å²) < 4.78 is 33.2. The number of unbranched alkanes of at least 4 members (excludes halogenated alkanes) is 5. The second-order valence-corrected chi connectivity index (χ2v) is 8.30. The van der Waals surface area contributed by atoms with Gasteiger partial charge in [-0.1, -0.05) is 39.5 Å². The van der Waals surface area contributed by atoms with Gasteiger partial charge in [-0.2, -0.15) is 0 Å². The van der Waals surface area contributed by atoms with Crippen LogP contribution in [0, 0.1) is 0 Å². The molecule has 0 saturated carbocycles. The zero-order chi connectivity index (χ0) is 21.7. The molecule has 2 aliphatic rings. The van der Waals surface area contributed by atoms with E-state index in [1.165, 1.54) is 0 Å². The van der Waals surface area contributed by atoms with Crippen molar-refractivity contribution in [1.82, 2.24) is 0 Å². The lowest BCUT2D eigenvalue weighted by molar-refractivity contribution is -0.317. The van der Waals surface area contributed by atoms with E-state index in [2.05, 4.69) is 13.8 Å². The minimum absolute atomic E-state index is 0.219.